The Hall–Kier alpha value is -0.650. The van der Waals surface area contributed by atoms with Crippen molar-refractivity contribution in [1.29, 1.82) is 0 Å². The monoisotopic (exact) mass is 308 g/mol. The van der Waals surface area contributed by atoms with E-state index in [1.807, 2.05) is 6.20 Å². The van der Waals surface area contributed by atoms with Gasteiger partial charge in [-0.2, -0.15) is 0 Å². The zero-order valence-corrected chi connectivity index (χ0v) is 14.1. The van der Waals surface area contributed by atoms with Crippen LogP contribution in [0.1, 0.15) is 26.7 Å². The van der Waals surface area contributed by atoms with Crippen LogP contribution in [-0.2, 0) is 0 Å². The first-order valence-corrected chi connectivity index (χ1v) is 9.14. The molecule has 2 aliphatic rings. The molecule has 0 bridgehead atoms. The number of piperazine rings is 1. The molecule has 4 nitrogen and oxygen atoms in total. The number of thiazole rings is 1. The Bertz CT molecular complexity index is 415. The molecule has 1 saturated carbocycles. The number of nitrogens with zero attached hydrogens (tertiary/aromatic N) is 3. The predicted octanol–water partition coefficient (Wildman–Crippen LogP) is 2.27. The Kier molecular flexibility index (Phi) is 4.82. The van der Waals surface area contributed by atoms with Crippen molar-refractivity contribution in [3.8, 4) is 0 Å². The third-order valence-electron chi connectivity index (χ3n) is 5.26. The molecule has 1 aliphatic heterocycles. The van der Waals surface area contributed by atoms with Gasteiger partial charge >= 0.3 is 0 Å². The summed E-state index contributed by atoms with van der Waals surface area (Å²) >= 11 is 1.74. The molecule has 118 valence electrons. The summed E-state index contributed by atoms with van der Waals surface area (Å²) in [6.45, 7) is 10.4. The molecule has 0 spiro atoms. The minimum atomic E-state index is 0.390. The van der Waals surface area contributed by atoms with Gasteiger partial charge in [-0.25, -0.2) is 4.98 Å². The summed E-state index contributed by atoms with van der Waals surface area (Å²) in [5, 5.41) is 3.23. The van der Waals surface area contributed by atoms with Crippen molar-refractivity contribution >= 4 is 16.5 Å². The van der Waals surface area contributed by atoms with Crippen molar-refractivity contribution in [2.45, 2.75) is 32.7 Å². The molecule has 2 heterocycles. The van der Waals surface area contributed by atoms with E-state index in [1.54, 1.807) is 11.3 Å². The molecular weight excluding hydrogens is 280 g/mol. The van der Waals surface area contributed by atoms with Gasteiger partial charge in [0.05, 0.1) is 0 Å². The van der Waals surface area contributed by atoms with Gasteiger partial charge in [0.15, 0.2) is 5.13 Å². The molecule has 4 atom stereocenters. The Morgan fingerprint density at radius 1 is 1.24 bits per heavy atom. The summed E-state index contributed by atoms with van der Waals surface area (Å²) in [5.74, 6) is 2.24. The summed E-state index contributed by atoms with van der Waals surface area (Å²) < 4.78 is 0. The number of rotatable bonds is 3. The second-order valence-electron chi connectivity index (χ2n) is 6.98. The lowest BCUT2D eigenvalue weighted by atomic mass is 9.72. The van der Waals surface area contributed by atoms with E-state index in [1.165, 1.54) is 24.5 Å². The fourth-order valence-corrected chi connectivity index (χ4v) is 4.77. The van der Waals surface area contributed by atoms with Crippen molar-refractivity contribution in [3.05, 3.63) is 11.6 Å². The van der Waals surface area contributed by atoms with Crippen LogP contribution in [0.2, 0.25) is 0 Å². The van der Waals surface area contributed by atoms with E-state index < -0.39 is 0 Å². The number of nitrogens with two attached hydrogens (primary N) is 1. The standard InChI is InChI=1S/C16H28N4S/c1-12-9-13(2)14(15(17)10-12)11-19-4-6-20(7-5-19)16-18-3-8-21-16/h3,8,12-15H,4-7,9-11,17H2,1-2H3. The van der Waals surface area contributed by atoms with Gasteiger partial charge in [0.25, 0.3) is 0 Å². The minimum Gasteiger partial charge on any atom is -0.346 e. The molecule has 3 rings (SSSR count). The maximum absolute atomic E-state index is 6.44. The second-order valence-corrected chi connectivity index (χ2v) is 7.86. The molecule has 0 amide bonds. The fourth-order valence-electron chi connectivity index (χ4n) is 4.07. The highest BCUT2D eigenvalue weighted by Crippen LogP contribution is 2.33. The maximum Gasteiger partial charge on any atom is 0.185 e. The Morgan fingerprint density at radius 3 is 2.62 bits per heavy atom. The largest absolute Gasteiger partial charge is 0.346 e. The first-order chi connectivity index (χ1) is 10.1. The van der Waals surface area contributed by atoms with Crippen LogP contribution in [-0.4, -0.2) is 48.6 Å². The highest BCUT2D eigenvalue weighted by atomic mass is 32.1. The lowest BCUT2D eigenvalue weighted by Crippen LogP contribution is -2.52. The fraction of sp³-hybridized carbons (Fsp3) is 0.812. The van der Waals surface area contributed by atoms with E-state index in [0.29, 0.717) is 12.0 Å². The van der Waals surface area contributed by atoms with Crippen LogP contribution in [0.3, 0.4) is 0 Å². The topological polar surface area (TPSA) is 45.4 Å². The van der Waals surface area contributed by atoms with E-state index in [-0.39, 0.29) is 0 Å². The predicted molar refractivity (Wildman–Crippen MR) is 89.8 cm³/mol. The third kappa shape index (κ3) is 3.58. The molecule has 21 heavy (non-hydrogen) atoms. The molecule has 1 saturated heterocycles. The average Bonchev–Trinajstić information content (AvgIpc) is 2.97. The second kappa shape index (κ2) is 6.63. The molecule has 2 fully saturated rings. The summed E-state index contributed by atoms with van der Waals surface area (Å²) in [6.07, 6.45) is 4.45. The Labute approximate surface area is 132 Å². The van der Waals surface area contributed by atoms with Crippen LogP contribution in [0.25, 0.3) is 0 Å². The van der Waals surface area contributed by atoms with Crippen molar-refractivity contribution in [3.63, 3.8) is 0 Å². The lowest BCUT2D eigenvalue weighted by Gasteiger charge is -2.42. The van der Waals surface area contributed by atoms with Crippen molar-refractivity contribution in [2.75, 3.05) is 37.6 Å². The number of anilines is 1. The van der Waals surface area contributed by atoms with Crippen LogP contribution in [0.4, 0.5) is 5.13 Å². The first kappa shape index (κ1) is 15.3. The third-order valence-corrected chi connectivity index (χ3v) is 6.09. The Balaban J connectivity index is 1.51. The number of hydrogen-bond acceptors (Lipinski definition) is 5. The molecule has 1 aromatic rings. The zero-order chi connectivity index (χ0) is 14.8. The van der Waals surface area contributed by atoms with Gasteiger partial charge in [0, 0.05) is 50.3 Å². The Morgan fingerprint density at radius 2 is 2.00 bits per heavy atom. The van der Waals surface area contributed by atoms with E-state index >= 15 is 0 Å². The van der Waals surface area contributed by atoms with E-state index in [4.69, 9.17) is 5.73 Å². The van der Waals surface area contributed by atoms with Crippen LogP contribution in [0, 0.1) is 17.8 Å². The van der Waals surface area contributed by atoms with Crippen LogP contribution < -0.4 is 10.6 Å². The van der Waals surface area contributed by atoms with Crippen LogP contribution in [0.5, 0.6) is 0 Å². The summed E-state index contributed by atoms with van der Waals surface area (Å²) in [7, 11) is 0. The number of hydrogen-bond donors (Lipinski definition) is 1. The smallest absolute Gasteiger partial charge is 0.185 e. The highest BCUT2D eigenvalue weighted by molar-refractivity contribution is 7.13. The lowest BCUT2D eigenvalue weighted by molar-refractivity contribution is 0.114. The van der Waals surface area contributed by atoms with Crippen LogP contribution >= 0.6 is 11.3 Å². The highest BCUT2D eigenvalue weighted by Gasteiger charge is 2.33. The number of aromatic nitrogens is 1. The molecule has 0 aromatic carbocycles. The van der Waals surface area contributed by atoms with Crippen LogP contribution in [0.15, 0.2) is 11.6 Å². The van der Waals surface area contributed by atoms with Crippen molar-refractivity contribution in [2.24, 2.45) is 23.5 Å². The molecule has 0 radical (unpaired) electrons. The van der Waals surface area contributed by atoms with E-state index in [9.17, 15) is 0 Å². The molecule has 5 heteroatoms. The molecule has 1 aliphatic carbocycles. The summed E-state index contributed by atoms with van der Waals surface area (Å²) in [6, 6.07) is 0.390. The van der Waals surface area contributed by atoms with Gasteiger partial charge in [-0.05, 0) is 30.6 Å². The van der Waals surface area contributed by atoms with E-state index in [2.05, 4.69) is 34.0 Å². The van der Waals surface area contributed by atoms with Crippen molar-refractivity contribution < 1.29 is 0 Å². The zero-order valence-electron chi connectivity index (χ0n) is 13.2. The quantitative estimate of drug-likeness (QED) is 0.930. The summed E-state index contributed by atoms with van der Waals surface area (Å²) in [4.78, 5) is 9.44. The average molecular weight is 308 g/mol. The van der Waals surface area contributed by atoms with Gasteiger partial charge in [0.2, 0.25) is 0 Å². The van der Waals surface area contributed by atoms with Gasteiger partial charge in [-0.3, -0.25) is 4.90 Å². The van der Waals surface area contributed by atoms with E-state index in [0.717, 1.165) is 38.0 Å². The van der Waals surface area contributed by atoms with Gasteiger partial charge in [-0.1, -0.05) is 13.8 Å². The molecule has 1 aromatic heterocycles. The normalized spacial score (nSPS) is 35.1. The SMILES string of the molecule is CC1CC(C)C(CN2CCN(c3nccs3)CC2)C(N)C1. The summed E-state index contributed by atoms with van der Waals surface area (Å²) in [5.41, 5.74) is 6.44. The van der Waals surface area contributed by atoms with Gasteiger partial charge < -0.3 is 10.6 Å². The molecule has 4 unspecified atom stereocenters. The van der Waals surface area contributed by atoms with Gasteiger partial charge in [0.1, 0.15) is 0 Å². The maximum atomic E-state index is 6.44. The minimum absolute atomic E-state index is 0.390. The van der Waals surface area contributed by atoms with Gasteiger partial charge in [-0.15, -0.1) is 11.3 Å². The first-order valence-electron chi connectivity index (χ1n) is 8.26. The molecular formula is C16H28N4S. The molecule has 2 N–H and O–H groups in total. The van der Waals surface area contributed by atoms with Crippen molar-refractivity contribution in [1.82, 2.24) is 9.88 Å².